The van der Waals surface area contributed by atoms with Crippen LogP contribution in [0.4, 0.5) is 0 Å². The van der Waals surface area contributed by atoms with E-state index in [2.05, 4.69) is 46.5 Å². The first-order valence-corrected chi connectivity index (χ1v) is 5.70. The summed E-state index contributed by atoms with van der Waals surface area (Å²) in [6.07, 6.45) is 5.86. The summed E-state index contributed by atoms with van der Waals surface area (Å²) in [7, 11) is 0. The Labute approximate surface area is 90.5 Å². The van der Waals surface area contributed by atoms with Crippen LogP contribution in [-0.2, 0) is 0 Å². The smallest absolute Gasteiger partial charge is 0.0114 e. The lowest BCUT2D eigenvalue weighted by atomic mass is 9.89. The van der Waals surface area contributed by atoms with Crippen LogP contribution in [0.5, 0.6) is 0 Å². The highest BCUT2D eigenvalue weighted by molar-refractivity contribution is 4.99. The highest BCUT2D eigenvalue weighted by Gasteiger charge is 2.08. The van der Waals surface area contributed by atoms with Crippen LogP contribution in [0.2, 0.25) is 0 Å². The Morgan fingerprint density at radius 2 is 1.79 bits per heavy atom. The second kappa shape index (κ2) is 6.93. The van der Waals surface area contributed by atoms with E-state index < -0.39 is 0 Å². The van der Waals surface area contributed by atoms with E-state index in [4.69, 9.17) is 0 Å². The number of rotatable bonds is 4. The van der Waals surface area contributed by atoms with Crippen LogP contribution in [0, 0.1) is 30.1 Å². The summed E-state index contributed by atoms with van der Waals surface area (Å²) in [4.78, 5) is 0. The summed E-state index contributed by atoms with van der Waals surface area (Å²) >= 11 is 0. The fraction of sp³-hybridized carbons (Fsp3) is 0.786. The minimum atomic E-state index is 0.470. The molecule has 0 spiro atoms. The van der Waals surface area contributed by atoms with Crippen molar-refractivity contribution in [2.45, 2.75) is 59.8 Å². The van der Waals surface area contributed by atoms with Gasteiger partial charge in [-0.3, -0.25) is 0 Å². The molecular formula is C14H25. The zero-order valence-electron chi connectivity index (χ0n) is 10.3. The van der Waals surface area contributed by atoms with Crippen LogP contribution >= 0.6 is 0 Å². The minimum Gasteiger partial charge on any atom is -0.103 e. The molecule has 0 heterocycles. The van der Waals surface area contributed by atoms with E-state index >= 15 is 0 Å². The van der Waals surface area contributed by atoms with Gasteiger partial charge in [-0.1, -0.05) is 34.1 Å². The molecule has 14 heavy (non-hydrogen) atoms. The van der Waals surface area contributed by atoms with Gasteiger partial charge < -0.3 is 0 Å². The maximum atomic E-state index is 3.90. The van der Waals surface area contributed by atoms with Crippen LogP contribution in [0.1, 0.15) is 59.8 Å². The van der Waals surface area contributed by atoms with Gasteiger partial charge in [-0.05, 0) is 31.1 Å². The Bertz CT molecular complexity index is 182. The zero-order chi connectivity index (χ0) is 11.0. The van der Waals surface area contributed by atoms with E-state index in [-0.39, 0.29) is 0 Å². The van der Waals surface area contributed by atoms with Crippen molar-refractivity contribution < 1.29 is 0 Å². The summed E-state index contributed by atoms with van der Waals surface area (Å²) in [5.41, 5.74) is 0.481. The minimum absolute atomic E-state index is 0.470. The summed E-state index contributed by atoms with van der Waals surface area (Å²) in [5, 5.41) is 0. The maximum Gasteiger partial charge on any atom is 0.0114 e. The molecule has 0 aromatic rings. The number of hydrogen-bond donors (Lipinski definition) is 0. The first kappa shape index (κ1) is 13.6. The van der Waals surface area contributed by atoms with Gasteiger partial charge in [0.05, 0.1) is 0 Å². The number of hydrogen-bond acceptors (Lipinski definition) is 0. The van der Waals surface area contributed by atoms with E-state index in [1.165, 1.54) is 19.3 Å². The van der Waals surface area contributed by atoms with Gasteiger partial charge in [0.1, 0.15) is 0 Å². The van der Waals surface area contributed by atoms with Crippen molar-refractivity contribution in [2.24, 2.45) is 11.3 Å². The van der Waals surface area contributed by atoms with Gasteiger partial charge in [0, 0.05) is 12.8 Å². The maximum absolute atomic E-state index is 3.90. The van der Waals surface area contributed by atoms with E-state index in [1.807, 2.05) is 0 Å². The van der Waals surface area contributed by atoms with Crippen LogP contribution in [0.25, 0.3) is 0 Å². The van der Waals surface area contributed by atoms with Crippen LogP contribution in [0.15, 0.2) is 0 Å². The molecule has 0 amide bonds. The quantitative estimate of drug-likeness (QED) is 0.457. The van der Waals surface area contributed by atoms with Crippen molar-refractivity contribution in [2.75, 3.05) is 0 Å². The number of unbranched alkanes of at least 4 members (excludes halogenated alkanes) is 2. The van der Waals surface area contributed by atoms with Gasteiger partial charge in [-0.25, -0.2) is 0 Å². The van der Waals surface area contributed by atoms with Gasteiger partial charge >= 0.3 is 0 Å². The lowest BCUT2D eigenvalue weighted by molar-refractivity contribution is 0.361. The molecule has 0 N–H and O–H groups in total. The monoisotopic (exact) mass is 193 g/mol. The van der Waals surface area contributed by atoms with E-state index in [1.54, 1.807) is 0 Å². The molecule has 0 saturated carbocycles. The zero-order valence-corrected chi connectivity index (χ0v) is 10.3. The van der Waals surface area contributed by atoms with E-state index in [9.17, 15) is 0 Å². The average Bonchev–Trinajstić information content (AvgIpc) is 2.00. The molecule has 0 fully saturated rings. The Morgan fingerprint density at radius 3 is 2.29 bits per heavy atom. The van der Waals surface area contributed by atoms with Crippen molar-refractivity contribution >= 4 is 0 Å². The highest BCUT2D eigenvalue weighted by Crippen LogP contribution is 2.21. The standard InChI is InChI=1S/C14H25/c1-13(2)11-9-7-6-8-10-12-14(3,4)5/h13H,1,6,8,10-12H2,2-5H3. The van der Waals surface area contributed by atoms with Crippen molar-refractivity contribution in [3.8, 4) is 11.8 Å². The predicted octanol–water partition coefficient (Wildman–Crippen LogP) is 4.46. The molecule has 1 radical (unpaired) electrons. The van der Waals surface area contributed by atoms with E-state index in [0.29, 0.717) is 11.3 Å². The third-order valence-electron chi connectivity index (χ3n) is 2.05. The summed E-state index contributed by atoms with van der Waals surface area (Å²) < 4.78 is 0. The molecule has 0 bridgehead atoms. The lowest BCUT2D eigenvalue weighted by Gasteiger charge is -2.16. The summed E-state index contributed by atoms with van der Waals surface area (Å²) in [6, 6.07) is 0. The first-order valence-electron chi connectivity index (χ1n) is 5.70. The second-order valence-corrected chi connectivity index (χ2v) is 5.43. The third-order valence-corrected chi connectivity index (χ3v) is 2.05. The Morgan fingerprint density at radius 1 is 1.14 bits per heavy atom. The molecule has 1 atom stereocenters. The summed E-state index contributed by atoms with van der Waals surface area (Å²) in [6.45, 7) is 12.9. The molecule has 0 aliphatic rings. The highest BCUT2D eigenvalue weighted by atomic mass is 14.1. The molecular weight excluding hydrogens is 168 g/mol. The molecule has 1 unspecified atom stereocenters. The lowest BCUT2D eigenvalue weighted by Crippen LogP contribution is -2.03. The van der Waals surface area contributed by atoms with Crippen molar-refractivity contribution in [1.82, 2.24) is 0 Å². The fourth-order valence-corrected chi connectivity index (χ4v) is 1.20. The van der Waals surface area contributed by atoms with Crippen LogP contribution in [-0.4, -0.2) is 0 Å². The van der Waals surface area contributed by atoms with Gasteiger partial charge in [-0.15, -0.1) is 11.8 Å². The first-order chi connectivity index (χ1) is 6.42. The molecule has 0 aliphatic heterocycles. The van der Waals surface area contributed by atoms with Gasteiger partial charge in [0.25, 0.3) is 0 Å². The van der Waals surface area contributed by atoms with Crippen molar-refractivity contribution in [3.63, 3.8) is 0 Å². The molecule has 0 heteroatoms. The topological polar surface area (TPSA) is 0 Å². The Kier molecular flexibility index (Phi) is 6.71. The van der Waals surface area contributed by atoms with Crippen LogP contribution < -0.4 is 0 Å². The average molecular weight is 193 g/mol. The van der Waals surface area contributed by atoms with Crippen molar-refractivity contribution in [3.05, 3.63) is 6.92 Å². The van der Waals surface area contributed by atoms with Crippen LogP contribution in [0.3, 0.4) is 0 Å². The molecule has 0 aliphatic carbocycles. The molecule has 0 aromatic heterocycles. The van der Waals surface area contributed by atoms with E-state index in [0.717, 1.165) is 12.8 Å². The summed E-state index contributed by atoms with van der Waals surface area (Å²) in [5.74, 6) is 6.85. The molecule has 0 aromatic carbocycles. The molecule has 81 valence electrons. The Hall–Kier alpha value is -0.440. The fourth-order valence-electron chi connectivity index (χ4n) is 1.20. The Balaban J connectivity index is 3.32. The molecule has 0 saturated heterocycles. The third kappa shape index (κ3) is 11.6. The molecule has 0 nitrogen and oxygen atoms in total. The normalized spacial score (nSPS) is 11.3. The molecule has 0 rings (SSSR count). The second-order valence-electron chi connectivity index (χ2n) is 5.43. The van der Waals surface area contributed by atoms with Gasteiger partial charge in [-0.2, -0.15) is 0 Å². The largest absolute Gasteiger partial charge is 0.103 e. The van der Waals surface area contributed by atoms with Crippen molar-refractivity contribution in [1.29, 1.82) is 0 Å². The van der Waals surface area contributed by atoms with Gasteiger partial charge in [0.15, 0.2) is 0 Å². The predicted molar refractivity (Wildman–Crippen MR) is 64.8 cm³/mol. The van der Waals surface area contributed by atoms with Gasteiger partial charge in [0.2, 0.25) is 0 Å². The SMILES string of the molecule is [CH2]C(C)CC#CCCCCC(C)(C)C.